The van der Waals surface area contributed by atoms with Gasteiger partial charge in [0.1, 0.15) is 22.8 Å². The highest BCUT2D eigenvalue weighted by Crippen LogP contribution is 2.25. The second-order valence-corrected chi connectivity index (χ2v) is 6.14. The van der Waals surface area contributed by atoms with Crippen LogP contribution in [0.25, 0.3) is 10.2 Å². The highest BCUT2D eigenvalue weighted by atomic mass is 32.1. The van der Waals surface area contributed by atoms with Crippen molar-refractivity contribution in [2.45, 2.75) is 26.9 Å². The largest absolute Gasteiger partial charge is 0.320 e. The summed E-state index contributed by atoms with van der Waals surface area (Å²) in [4.78, 5) is 21.4. The lowest BCUT2D eigenvalue weighted by Gasteiger charge is -2.04. The number of aromatic amines is 1. The van der Waals surface area contributed by atoms with Gasteiger partial charge in [0.2, 0.25) is 0 Å². The minimum Gasteiger partial charge on any atom is -0.320 e. The molecule has 0 amide bonds. The standard InChI is InChI=1S/C13H16N6OS/c1-7-8(2)21-13-11(7)12(20)16-9(17-13)4-14-5-10-18-15-6-19(10)3/h6,14H,4-5H2,1-3H3,(H,16,17,20). The lowest BCUT2D eigenvalue weighted by molar-refractivity contribution is 0.619. The first-order valence-electron chi connectivity index (χ1n) is 6.58. The third kappa shape index (κ3) is 2.59. The number of fused-ring (bicyclic) bond motifs is 1. The number of hydrogen-bond acceptors (Lipinski definition) is 6. The molecule has 0 aliphatic heterocycles. The van der Waals surface area contributed by atoms with Crippen LogP contribution in [0.1, 0.15) is 22.1 Å². The monoisotopic (exact) mass is 304 g/mol. The van der Waals surface area contributed by atoms with Gasteiger partial charge in [0.05, 0.1) is 18.5 Å². The fraction of sp³-hybridized carbons (Fsp3) is 0.385. The van der Waals surface area contributed by atoms with Crippen molar-refractivity contribution in [3.8, 4) is 0 Å². The highest BCUT2D eigenvalue weighted by molar-refractivity contribution is 7.18. The van der Waals surface area contributed by atoms with Gasteiger partial charge in [-0.2, -0.15) is 0 Å². The van der Waals surface area contributed by atoms with Crippen molar-refractivity contribution in [1.82, 2.24) is 30.0 Å². The van der Waals surface area contributed by atoms with E-state index in [9.17, 15) is 4.79 Å². The van der Waals surface area contributed by atoms with Gasteiger partial charge >= 0.3 is 0 Å². The molecule has 3 heterocycles. The molecule has 21 heavy (non-hydrogen) atoms. The topological polar surface area (TPSA) is 88.5 Å². The summed E-state index contributed by atoms with van der Waals surface area (Å²) < 4.78 is 1.85. The first-order chi connectivity index (χ1) is 10.1. The van der Waals surface area contributed by atoms with Gasteiger partial charge in [-0.15, -0.1) is 21.5 Å². The minimum atomic E-state index is -0.0719. The molecule has 2 N–H and O–H groups in total. The van der Waals surface area contributed by atoms with E-state index in [2.05, 4.69) is 25.5 Å². The molecule has 0 fully saturated rings. The average Bonchev–Trinajstić information content (AvgIpc) is 2.95. The zero-order chi connectivity index (χ0) is 15.0. The number of H-pyrrole nitrogens is 1. The van der Waals surface area contributed by atoms with Crippen LogP contribution in [0.4, 0.5) is 0 Å². The fourth-order valence-electron chi connectivity index (χ4n) is 2.14. The molecule has 0 atom stereocenters. The molecule has 7 nitrogen and oxygen atoms in total. The lowest BCUT2D eigenvalue weighted by atomic mass is 10.2. The number of nitrogens with one attached hydrogen (secondary N) is 2. The third-order valence-corrected chi connectivity index (χ3v) is 4.57. The van der Waals surface area contributed by atoms with Crippen molar-refractivity contribution < 1.29 is 0 Å². The summed E-state index contributed by atoms with van der Waals surface area (Å²) in [6.07, 6.45) is 1.65. The maximum absolute atomic E-state index is 12.1. The first kappa shape index (κ1) is 13.9. The van der Waals surface area contributed by atoms with Crippen LogP contribution >= 0.6 is 11.3 Å². The fourth-order valence-corrected chi connectivity index (χ4v) is 3.19. The van der Waals surface area contributed by atoms with Crippen molar-refractivity contribution in [3.63, 3.8) is 0 Å². The lowest BCUT2D eigenvalue weighted by Crippen LogP contribution is -2.20. The Morgan fingerprint density at radius 2 is 2.19 bits per heavy atom. The van der Waals surface area contributed by atoms with Crippen LogP contribution in [0.15, 0.2) is 11.1 Å². The smallest absolute Gasteiger partial charge is 0.259 e. The predicted octanol–water partition coefficient (Wildman–Crippen LogP) is 1.02. The molecule has 0 unspecified atom stereocenters. The van der Waals surface area contributed by atoms with Crippen molar-refractivity contribution in [2.24, 2.45) is 7.05 Å². The second kappa shape index (κ2) is 5.38. The molecule has 0 saturated carbocycles. The predicted molar refractivity (Wildman–Crippen MR) is 81.3 cm³/mol. The molecule has 110 valence electrons. The second-order valence-electron chi connectivity index (χ2n) is 4.94. The van der Waals surface area contributed by atoms with Crippen molar-refractivity contribution in [3.05, 3.63) is 38.8 Å². The molecule has 0 aliphatic rings. The Hall–Kier alpha value is -2.06. The Kier molecular flexibility index (Phi) is 3.56. The number of thiophene rings is 1. The number of aromatic nitrogens is 5. The van der Waals surface area contributed by atoms with E-state index in [0.29, 0.717) is 24.3 Å². The highest BCUT2D eigenvalue weighted by Gasteiger charge is 2.11. The molecular weight excluding hydrogens is 288 g/mol. The zero-order valence-electron chi connectivity index (χ0n) is 12.1. The summed E-state index contributed by atoms with van der Waals surface area (Å²) in [6.45, 7) is 5.01. The van der Waals surface area contributed by atoms with Crippen LogP contribution in [-0.2, 0) is 20.1 Å². The summed E-state index contributed by atoms with van der Waals surface area (Å²) in [5.74, 6) is 1.47. The molecule has 0 spiro atoms. The van der Waals surface area contributed by atoms with Crippen LogP contribution in [0, 0.1) is 13.8 Å². The quantitative estimate of drug-likeness (QED) is 0.751. The number of hydrogen-bond donors (Lipinski definition) is 2. The van der Waals surface area contributed by atoms with Gasteiger partial charge in [-0.3, -0.25) is 4.79 Å². The summed E-state index contributed by atoms with van der Waals surface area (Å²) >= 11 is 1.56. The molecule has 3 aromatic rings. The van der Waals surface area contributed by atoms with Gasteiger partial charge in [-0.05, 0) is 19.4 Å². The number of aryl methyl sites for hydroxylation is 3. The molecule has 3 aromatic heterocycles. The van der Waals surface area contributed by atoms with Gasteiger partial charge in [0.15, 0.2) is 0 Å². The van der Waals surface area contributed by atoms with Crippen LogP contribution in [0.2, 0.25) is 0 Å². The Labute approximate surface area is 125 Å². The molecule has 3 rings (SSSR count). The average molecular weight is 304 g/mol. The van der Waals surface area contributed by atoms with Gasteiger partial charge in [0.25, 0.3) is 5.56 Å². The van der Waals surface area contributed by atoms with Crippen LogP contribution < -0.4 is 10.9 Å². The van der Waals surface area contributed by atoms with Gasteiger partial charge in [-0.25, -0.2) is 4.98 Å². The van der Waals surface area contributed by atoms with Crippen LogP contribution in [-0.4, -0.2) is 24.7 Å². The molecule has 0 aromatic carbocycles. The van der Waals surface area contributed by atoms with Crippen molar-refractivity contribution in [1.29, 1.82) is 0 Å². The third-order valence-electron chi connectivity index (χ3n) is 3.47. The maximum Gasteiger partial charge on any atom is 0.259 e. The van der Waals surface area contributed by atoms with Crippen molar-refractivity contribution >= 4 is 21.6 Å². The van der Waals surface area contributed by atoms with E-state index in [4.69, 9.17) is 0 Å². The molecule has 0 aliphatic carbocycles. The Morgan fingerprint density at radius 3 is 2.90 bits per heavy atom. The Morgan fingerprint density at radius 1 is 1.38 bits per heavy atom. The zero-order valence-corrected chi connectivity index (χ0v) is 12.9. The van der Waals surface area contributed by atoms with E-state index < -0.39 is 0 Å². The van der Waals surface area contributed by atoms with Crippen molar-refractivity contribution in [2.75, 3.05) is 0 Å². The van der Waals surface area contributed by atoms with E-state index in [0.717, 1.165) is 21.1 Å². The number of rotatable bonds is 4. The van der Waals surface area contributed by atoms with Gasteiger partial charge < -0.3 is 14.9 Å². The van der Waals surface area contributed by atoms with Gasteiger partial charge in [-0.1, -0.05) is 0 Å². The Balaban J connectivity index is 1.79. The molecule has 8 heteroatoms. The van der Waals surface area contributed by atoms with Gasteiger partial charge in [0, 0.05) is 11.9 Å². The number of nitrogens with zero attached hydrogens (tertiary/aromatic N) is 4. The maximum atomic E-state index is 12.1. The summed E-state index contributed by atoms with van der Waals surface area (Å²) in [5.41, 5.74) is 0.944. The van der Waals surface area contributed by atoms with E-state index in [-0.39, 0.29) is 5.56 Å². The summed E-state index contributed by atoms with van der Waals surface area (Å²) in [6, 6.07) is 0. The minimum absolute atomic E-state index is 0.0719. The first-order valence-corrected chi connectivity index (χ1v) is 7.40. The normalized spacial score (nSPS) is 11.4. The summed E-state index contributed by atoms with van der Waals surface area (Å²) in [5, 5.41) is 11.7. The van der Waals surface area contributed by atoms with E-state index in [1.165, 1.54) is 0 Å². The molecule has 0 bridgehead atoms. The Bertz CT molecular complexity index is 846. The molecular formula is C13H16N6OS. The summed E-state index contributed by atoms with van der Waals surface area (Å²) in [7, 11) is 1.89. The van der Waals surface area contributed by atoms with E-state index >= 15 is 0 Å². The van der Waals surface area contributed by atoms with Crippen LogP contribution in [0.3, 0.4) is 0 Å². The molecule has 0 saturated heterocycles. The van der Waals surface area contributed by atoms with E-state index in [1.54, 1.807) is 17.7 Å². The SMILES string of the molecule is Cc1sc2nc(CNCc3nncn3C)[nH]c(=O)c2c1C. The van der Waals surface area contributed by atoms with E-state index in [1.807, 2.05) is 25.5 Å². The van der Waals surface area contributed by atoms with Crippen LogP contribution in [0.5, 0.6) is 0 Å². The molecule has 0 radical (unpaired) electrons.